The van der Waals surface area contributed by atoms with Gasteiger partial charge in [0.1, 0.15) is 17.7 Å². The van der Waals surface area contributed by atoms with Gasteiger partial charge < -0.3 is 25.0 Å². The van der Waals surface area contributed by atoms with Gasteiger partial charge in [0.05, 0.1) is 18.3 Å². The second kappa shape index (κ2) is 8.97. The fourth-order valence-electron chi connectivity index (χ4n) is 4.43. The molecule has 172 valence electrons. The lowest BCUT2D eigenvalue weighted by Crippen LogP contribution is -2.28. The summed E-state index contributed by atoms with van der Waals surface area (Å²) < 4.78 is 8.03. The van der Waals surface area contributed by atoms with Crippen LogP contribution in [-0.2, 0) is 18.3 Å². The number of hydrogen-bond acceptors (Lipinski definition) is 4. The van der Waals surface area contributed by atoms with Crippen LogP contribution in [0.2, 0.25) is 0 Å². The lowest BCUT2D eigenvalue weighted by molar-refractivity contribution is -0.138. The van der Waals surface area contributed by atoms with Gasteiger partial charge >= 0.3 is 5.97 Å². The Morgan fingerprint density at radius 2 is 1.94 bits per heavy atom. The molecule has 2 aromatic carbocycles. The SMILES string of the molecule is CC(=N)N1CC[C@H](Oc2ccc(C(Cc3cc4cc(C(=N)N)ccc4n3C)C(=O)O)cc2)C1. The Morgan fingerprint density at radius 3 is 2.55 bits per heavy atom. The topological polar surface area (TPSA) is 128 Å². The van der Waals surface area contributed by atoms with Gasteiger partial charge in [0.2, 0.25) is 0 Å². The van der Waals surface area contributed by atoms with E-state index in [9.17, 15) is 9.90 Å². The number of hydrogen-bond donors (Lipinski definition) is 4. The summed E-state index contributed by atoms with van der Waals surface area (Å²) in [6.07, 6.45) is 1.23. The summed E-state index contributed by atoms with van der Waals surface area (Å²) in [5.74, 6) is -0.320. The Hall–Kier alpha value is -3.81. The van der Waals surface area contributed by atoms with Gasteiger partial charge in [-0.2, -0.15) is 0 Å². The van der Waals surface area contributed by atoms with Crippen molar-refractivity contribution in [2.75, 3.05) is 13.1 Å². The minimum Gasteiger partial charge on any atom is -0.489 e. The number of aryl methyl sites for hydroxylation is 1. The largest absolute Gasteiger partial charge is 0.489 e. The highest BCUT2D eigenvalue weighted by molar-refractivity contribution is 5.99. The van der Waals surface area contributed by atoms with Crippen molar-refractivity contribution < 1.29 is 14.6 Å². The highest BCUT2D eigenvalue weighted by atomic mass is 16.5. The average molecular weight is 448 g/mol. The molecule has 4 rings (SSSR count). The van der Waals surface area contributed by atoms with E-state index in [0.29, 0.717) is 35.7 Å². The number of amidine groups is 2. The molecule has 1 saturated heterocycles. The quantitative estimate of drug-likeness (QED) is 0.326. The van der Waals surface area contributed by atoms with Crippen molar-refractivity contribution in [2.45, 2.75) is 31.8 Å². The zero-order chi connectivity index (χ0) is 23.7. The van der Waals surface area contributed by atoms with Crippen molar-refractivity contribution in [2.24, 2.45) is 12.8 Å². The maximum atomic E-state index is 12.1. The first-order valence-corrected chi connectivity index (χ1v) is 10.9. The van der Waals surface area contributed by atoms with Gasteiger partial charge in [0, 0.05) is 48.6 Å². The molecular formula is C25H29N5O3. The Kier molecular flexibility index (Phi) is 6.09. The van der Waals surface area contributed by atoms with E-state index in [-0.39, 0.29) is 11.9 Å². The molecule has 1 fully saturated rings. The number of benzene rings is 2. The number of nitrogens with two attached hydrogens (primary N) is 1. The first-order chi connectivity index (χ1) is 15.7. The number of ether oxygens (including phenoxy) is 1. The van der Waals surface area contributed by atoms with Crippen LogP contribution in [0.25, 0.3) is 10.9 Å². The number of nitrogen functional groups attached to an aromatic ring is 1. The standard InChI is InChI=1S/C25H29N5O3/c1-15(26)30-10-9-21(14-30)33-20-6-3-16(4-7-20)22(25(31)32)13-19-12-18-11-17(24(27)28)5-8-23(18)29(19)2/h3-8,11-12,21-22,26H,9-10,13-14H2,1-2H3,(H3,27,28)(H,31,32)/t21-,22?/m0/s1. The first kappa shape index (κ1) is 22.4. The number of carbonyl (C=O) groups is 1. The molecule has 0 aliphatic carbocycles. The van der Waals surface area contributed by atoms with E-state index in [0.717, 1.165) is 29.6 Å². The van der Waals surface area contributed by atoms with Crippen molar-refractivity contribution in [3.8, 4) is 5.75 Å². The summed E-state index contributed by atoms with van der Waals surface area (Å²) >= 11 is 0. The maximum absolute atomic E-state index is 12.1. The zero-order valence-corrected chi connectivity index (χ0v) is 18.8. The lowest BCUT2D eigenvalue weighted by atomic mass is 9.94. The molecule has 1 aromatic heterocycles. The van der Waals surface area contributed by atoms with Crippen LogP contribution >= 0.6 is 0 Å². The summed E-state index contributed by atoms with van der Waals surface area (Å²) in [5.41, 5.74) is 8.83. The Labute approximate surface area is 192 Å². The van der Waals surface area contributed by atoms with Crippen molar-refractivity contribution in [3.63, 3.8) is 0 Å². The Balaban J connectivity index is 1.51. The number of aromatic nitrogens is 1. The van der Waals surface area contributed by atoms with Gasteiger partial charge in [0.25, 0.3) is 0 Å². The molecule has 1 aliphatic rings. The molecule has 1 aliphatic heterocycles. The van der Waals surface area contributed by atoms with Crippen molar-refractivity contribution >= 4 is 28.5 Å². The summed E-state index contributed by atoms with van der Waals surface area (Å²) in [4.78, 5) is 14.1. The van der Waals surface area contributed by atoms with Crippen molar-refractivity contribution in [3.05, 3.63) is 65.4 Å². The van der Waals surface area contributed by atoms with E-state index >= 15 is 0 Å². The number of fused-ring (bicyclic) bond motifs is 1. The number of aliphatic carboxylic acids is 1. The number of carboxylic acids is 1. The number of nitrogens with one attached hydrogen (secondary N) is 2. The minimum atomic E-state index is -0.883. The molecule has 33 heavy (non-hydrogen) atoms. The van der Waals surface area contributed by atoms with Crippen LogP contribution in [0.4, 0.5) is 0 Å². The van der Waals surface area contributed by atoms with Crippen LogP contribution in [0.5, 0.6) is 5.75 Å². The van der Waals surface area contributed by atoms with Crippen LogP contribution in [-0.4, -0.2) is 51.4 Å². The Morgan fingerprint density at radius 1 is 1.21 bits per heavy atom. The van der Waals surface area contributed by atoms with Gasteiger partial charge in [-0.15, -0.1) is 0 Å². The van der Waals surface area contributed by atoms with Crippen molar-refractivity contribution in [1.29, 1.82) is 10.8 Å². The van der Waals surface area contributed by atoms with E-state index in [1.165, 1.54) is 0 Å². The van der Waals surface area contributed by atoms with Crippen molar-refractivity contribution in [1.82, 2.24) is 9.47 Å². The minimum absolute atomic E-state index is 0.00583. The molecule has 0 radical (unpaired) electrons. The van der Waals surface area contributed by atoms with E-state index in [4.69, 9.17) is 21.3 Å². The Bertz CT molecular complexity index is 1210. The normalized spacial score (nSPS) is 16.7. The predicted octanol–water partition coefficient (Wildman–Crippen LogP) is 3.32. The highest BCUT2D eigenvalue weighted by Crippen LogP contribution is 2.28. The number of rotatable bonds is 7. The smallest absolute Gasteiger partial charge is 0.311 e. The molecule has 3 aromatic rings. The zero-order valence-electron chi connectivity index (χ0n) is 18.8. The molecule has 5 N–H and O–H groups in total. The fraction of sp³-hybridized carbons (Fsp3) is 0.320. The molecule has 0 saturated carbocycles. The third kappa shape index (κ3) is 4.69. The third-order valence-corrected chi connectivity index (χ3v) is 6.37. The van der Waals surface area contributed by atoms with Crippen LogP contribution < -0.4 is 10.5 Å². The summed E-state index contributed by atoms with van der Waals surface area (Å²) in [5, 5.41) is 26.3. The van der Waals surface area contributed by atoms with Crippen LogP contribution in [0.3, 0.4) is 0 Å². The molecule has 8 heteroatoms. The van der Waals surface area contributed by atoms with Gasteiger partial charge in [-0.1, -0.05) is 12.1 Å². The highest BCUT2D eigenvalue weighted by Gasteiger charge is 2.25. The van der Waals surface area contributed by atoms with Crippen LogP contribution in [0.1, 0.15) is 36.1 Å². The molecular weight excluding hydrogens is 418 g/mol. The number of nitrogens with zero attached hydrogens (tertiary/aromatic N) is 2. The van der Waals surface area contributed by atoms with Crippen LogP contribution in [0, 0.1) is 10.8 Å². The van der Waals surface area contributed by atoms with Gasteiger partial charge in [-0.3, -0.25) is 15.6 Å². The predicted molar refractivity (Wildman–Crippen MR) is 128 cm³/mol. The second-order valence-corrected chi connectivity index (χ2v) is 8.61. The van der Waals surface area contributed by atoms with Gasteiger partial charge in [-0.05, 0) is 48.9 Å². The maximum Gasteiger partial charge on any atom is 0.311 e. The lowest BCUT2D eigenvalue weighted by Gasteiger charge is -2.18. The average Bonchev–Trinajstić information content (AvgIpc) is 3.37. The van der Waals surface area contributed by atoms with E-state index in [1.54, 1.807) is 13.0 Å². The molecule has 8 nitrogen and oxygen atoms in total. The summed E-state index contributed by atoms with van der Waals surface area (Å²) in [7, 11) is 1.92. The third-order valence-electron chi connectivity index (χ3n) is 6.37. The molecule has 0 amide bonds. The molecule has 1 unspecified atom stereocenters. The number of likely N-dealkylation sites (tertiary alicyclic amines) is 1. The monoisotopic (exact) mass is 447 g/mol. The van der Waals surface area contributed by atoms with E-state index < -0.39 is 11.9 Å². The second-order valence-electron chi connectivity index (χ2n) is 8.61. The molecule has 0 spiro atoms. The van der Waals surface area contributed by atoms with Crippen LogP contribution in [0.15, 0.2) is 48.5 Å². The van der Waals surface area contributed by atoms with E-state index in [2.05, 4.69) is 0 Å². The van der Waals surface area contributed by atoms with Gasteiger partial charge in [0.15, 0.2) is 0 Å². The fourth-order valence-corrected chi connectivity index (χ4v) is 4.43. The number of carboxylic acid groups (broad SMARTS) is 1. The first-order valence-electron chi connectivity index (χ1n) is 10.9. The summed E-state index contributed by atoms with van der Waals surface area (Å²) in [6.45, 7) is 3.29. The molecule has 0 bridgehead atoms. The molecule has 2 heterocycles. The van der Waals surface area contributed by atoms with E-state index in [1.807, 2.05) is 59.0 Å². The van der Waals surface area contributed by atoms with Gasteiger partial charge in [-0.25, -0.2) is 0 Å². The summed E-state index contributed by atoms with van der Waals surface area (Å²) in [6, 6.07) is 14.8. The molecule has 2 atom stereocenters.